The lowest BCUT2D eigenvalue weighted by Crippen LogP contribution is -2.40. The Hall–Kier alpha value is -3.46. The van der Waals surface area contributed by atoms with Gasteiger partial charge in [0.2, 0.25) is 11.9 Å². The van der Waals surface area contributed by atoms with E-state index in [1.807, 2.05) is 0 Å². The predicted molar refractivity (Wildman–Crippen MR) is 168 cm³/mol. The number of anilines is 3. The molecule has 17 heteroatoms. The molecule has 258 valence electrons. The van der Waals surface area contributed by atoms with Crippen LogP contribution in [-0.2, 0) is 18.4 Å². The topological polar surface area (TPSA) is 104 Å². The Kier molecular flexibility index (Phi) is 10.8. The minimum Gasteiger partial charge on any atom is -0.356 e. The number of carbonyl (C=O) groups is 2. The molecule has 1 aliphatic heterocycles. The number of hydrogen-bond donors (Lipinski definition) is 3. The van der Waals surface area contributed by atoms with Gasteiger partial charge in [0.25, 0.3) is 5.91 Å². The number of halogens is 8. The highest BCUT2D eigenvalue weighted by Crippen LogP contribution is 2.38. The van der Waals surface area contributed by atoms with E-state index in [4.69, 9.17) is 23.2 Å². The molecule has 1 aromatic carbocycles. The zero-order valence-electron chi connectivity index (χ0n) is 26.1. The summed E-state index contributed by atoms with van der Waals surface area (Å²) in [5.74, 6) is -2.11. The van der Waals surface area contributed by atoms with Crippen LogP contribution in [0.4, 0.5) is 43.8 Å². The first-order valence-electron chi connectivity index (χ1n) is 14.8. The monoisotopic (exact) mass is 709 g/mol. The third kappa shape index (κ3) is 8.92. The SMILES string of the molecule is Cn1c(Nc2c(Cl)ccc(CNC(=O)C(C)(C)C)c2Cl)nc2cc(C(=O)NCCCC(F)(F)F)c(N3CCC(C(F)(F)F)CC3)nc21. The second-order valence-corrected chi connectivity index (χ2v) is 13.2. The predicted octanol–water partition coefficient (Wildman–Crippen LogP) is 7.53. The summed E-state index contributed by atoms with van der Waals surface area (Å²) in [6.07, 6.45) is -10.6. The number of benzene rings is 1. The zero-order chi connectivity index (χ0) is 34.9. The van der Waals surface area contributed by atoms with E-state index in [2.05, 4.69) is 25.9 Å². The second-order valence-electron chi connectivity index (χ2n) is 12.4. The van der Waals surface area contributed by atoms with Gasteiger partial charge >= 0.3 is 12.4 Å². The summed E-state index contributed by atoms with van der Waals surface area (Å²) in [6, 6.07) is 4.67. The number of rotatable bonds is 9. The van der Waals surface area contributed by atoms with Crippen molar-refractivity contribution < 1.29 is 35.9 Å². The number of nitrogens with one attached hydrogen (secondary N) is 3. The summed E-state index contributed by atoms with van der Waals surface area (Å²) in [5, 5.41) is 8.82. The fraction of sp³-hybridized carbons (Fsp3) is 0.533. The van der Waals surface area contributed by atoms with Gasteiger partial charge in [-0.3, -0.25) is 14.2 Å². The van der Waals surface area contributed by atoms with Crippen molar-refractivity contribution >= 4 is 63.6 Å². The van der Waals surface area contributed by atoms with E-state index in [1.54, 1.807) is 49.4 Å². The standard InChI is InChI=1S/C30H35Cl2F6N7O2/c1-28(2,3)26(47)40-15-16-6-7-19(31)22(21(16)32)42-27-41-20-14-18(25(46)39-11-5-10-29(33,34)35)23(43-24(20)44(27)4)45-12-8-17(9-13-45)30(36,37)38/h6-7,14,17H,5,8-13,15H2,1-4H3,(H,39,46)(H,40,47)(H,41,42). The highest BCUT2D eigenvalue weighted by Gasteiger charge is 2.41. The van der Waals surface area contributed by atoms with E-state index in [-0.39, 0.29) is 95.6 Å². The van der Waals surface area contributed by atoms with Crippen molar-refractivity contribution in [3.05, 3.63) is 39.4 Å². The molecule has 0 radical (unpaired) electrons. The van der Waals surface area contributed by atoms with Crippen molar-refractivity contribution in [2.24, 2.45) is 18.4 Å². The Morgan fingerprint density at radius 1 is 1.00 bits per heavy atom. The van der Waals surface area contributed by atoms with Crippen LogP contribution >= 0.6 is 23.2 Å². The highest BCUT2D eigenvalue weighted by molar-refractivity contribution is 6.39. The summed E-state index contributed by atoms with van der Waals surface area (Å²) in [4.78, 5) is 36.3. The molecule has 4 rings (SSSR count). The molecule has 2 aromatic heterocycles. The van der Waals surface area contributed by atoms with Crippen molar-refractivity contribution in [3.8, 4) is 0 Å². The number of imidazole rings is 1. The van der Waals surface area contributed by atoms with Crippen LogP contribution in [-0.4, -0.2) is 58.3 Å². The van der Waals surface area contributed by atoms with E-state index in [0.717, 1.165) is 0 Å². The Morgan fingerprint density at radius 3 is 2.26 bits per heavy atom. The molecule has 0 spiro atoms. The van der Waals surface area contributed by atoms with Crippen LogP contribution in [0, 0.1) is 11.3 Å². The van der Waals surface area contributed by atoms with Crippen molar-refractivity contribution in [2.75, 3.05) is 29.9 Å². The van der Waals surface area contributed by atoms with Crippen LogP contribution < -0.4 is 20.9 Å². The van der Waals surface area contributed by atoms with E-state index in [0.29, 0.717) is 5.56 Å². The molecular weight excluding hydrogens is 675 g/mol. The molecular formula is C30H35Cl2F6N7O2. The Bertz CT molecular complexity index is 1630. The van der Waals surface area contributed by atoms with Crippen LogP contribution in [0.2, 0.25) is 10.0 Å². The quantitative estimate of drug-likeness (QED) is 0.157. The first-order chi connectivity index (χ1) is 21.8. The van der Waals surface area contributed by atoms with Gasteiger partial charge in [0.05, 0.1) is 27.2 Å². The molecule has 0 saturated carbocycles. The molecule has 1 aliphatic rings. The lowest BCUT2D eigenvalue weighted by molar-refractivity contribution is -0.179. The number of aryl methyl sites for hydroxylation is 1. The summed E-state index contributed by atoms with van der Waals surface area (Å²) in [5.41, 5.74) is 0.701. The first-order valence-corrected chi connectivity index (χ1v) is 15.6. The van der Waals surface area contributed by atoms with Gasteiger partial charge in [-0.25, -0.2) is 9.97 Å². The minimum absolute atomic E-state index is 0.0349. The number of pyridine rings is 1. The summed E-state index contributed by atoms with van der Waals surface area (Å²) in [7, 11) is 1.62. The minimum atomic E-state index is -4.39. The van der Waals surface area contributed by atoms with Crippen LogP contribution in [0.1, 0.15) is 62.4 Å². The largest absolute Gasteiger partial charge is 0.391 e. The molecule has 3 heterocycles. The second kappa shape index (κ2) is 14.0. The van der Waals surface area contributed by atoms with E-state index < -0.39 is 36.0 Å². The Balaban J connectivity index is 1.66. The van der Waals surface area contributed by atoms with Crippen molar-refractivity contribution in [1.82, 2.24) is 25.2 Å². The van der Waals surface area contributed by atoms with Gasteiger partial charge in [-0.1, -0.05) is 50.0 Å². The maximum atomic E-state index is 13.4. The number of amides is 2. The van der Waals surface area contributed by atoms with Crippen molar-refractivity contribution in [3.63, 3.8) is 0 Å². The normalized spacial score (nSPS) is 14.9. The molecule has 1 fully saturated rings. The van der Waals surface area contributed by atoms with Crippen LogP contribution in [0.25, 0.3) is 11.2 Å². The molecule has 3 N–H and O–H groups in total. The summed E-state index contributed by atoms with van der Waals surface area (Å²) in [6.45, 7) is 5.10. The van der Waals surface area contributed by atoms with E-state index in [1.165, 1.54) is 6.07 Å². The van der Waals surface area contributed by atoms with Crippen molar-refractivity contribution in [2.45, 2.75) is 65.4 Å². The lowest BCUT2D eigenvalue weighted by Gasteiger charge is -2.34. The van der Waals surface area contributed by atoms with Crippen molar-refractivity contribution in [1.29, 1.82) is 0 Å². The number of nitrogens with zero attached hydrogens (tertiary/aromatic N) is 4. The number of hydrogen-bond acceptors (Lipinski definition) is 6. The van der Waals surface area contributed by atoms with Gasteiger partial charge in [0.1, 0.15) is 11.3 Å². The van der Waals surface area contributed by atoms with E-state index in [9.17, 15) is 35.9 Å². The average molecular weight is 711 g/mol. The lowest BCUT2D eigenvalue weighted by atomic mass is 9.95. The molecule has 47 heavy (non-hydrogen) atoms. The van der Waals surface area contributed by atoms with Gasteiger partial charge in [0.15, 0.2) is 5.65 Å². The van der Waals surface area contributed by atoms with Gasteiger partial charge in [-0.2, -0.15) is 26.3 Å². The van der Waals surface area contributed by atoms with Gasteiger partial charge in [-0.15, -0.1) is 0 Å². The third-order valence-electron chi connectivity index (χ3n) is 7.78. The fourth-order valence-electron chi connectivity index (χ4n) is 5.03. The van der Waals surface area contributed by atoms with Crippen LogP contribution in [0.15, 0.2) is 18.2 Å². The van der Waals surface area contributed by atoms with Gasteiger partial charge < -0.3 is 20.9 Å². The Labute approximate surface area is 277 Å². The molecule has 0 unspecified atom stereocenters. The molecule has 0 aliphatic carbocycles. The Morgan fingerprint density at radius 2 is 1.66 bits per heavy atom. The third-order valence-corrected chi connectivity index (χ3v) is 8.52. The molecule has 0 atom stereocenters. The van der Waals surface area contributed by atoms with Crippen LogP contribution in [0.3, 0.4) is 0 Å². The molecule has 0 bridgehead atoms. The van der Waals surface area contributed by atoms with Gasteiger partial charge in [-0.05, 0) is 37.0 Å². The highest BCUT2D eigenvalue weighted by atomic mass is 35.5. The maximum absolute atomic E-state index is 13.4. The number of fused-ring (bicyclic) bond motifs is 1. The molecule has 3 aromatic rings. The first kappa shape index (κ1) is 36.4. The molecule has 1 saturated heterocycles. The number of piperidine rings is 1. The average Bonchev–Trinajstić information content (AvgIpc) is 3.28. The fourth-order valence-corrected chi connectivity index (χ4v) is 5.56. The number of aromatic nitrogens is 3. The van der Waals surface area contributed by atoms with E-state index >= 15 is 0 Å². The summed E-state index contributed by atoms with van der Waals surface area (Å²) < 4.78 is 79.5. The number of alkyl halides is 6. The molecule has 2 amide bonds. The number of carbonyl (C=O) groups excluding carboxylic acids is 2. The zero-order valence-corrected chi connectivity index (χ0v) is 27.6. The van der Waals surface area contributed by atoms with Gasteiger partial charge in [0, 0.05) is 45.1 Å². The maximum Gasteiger partial charge on any atom is 0.391 e. The summed E-state index contributed by atoms with van der Waals surface area (Å²) >= 11 is 13.1. The van der Waals surface area contributed by atoms with Crippen LogP contribution in [0.5, 0.6) is 0 Å². The molecule has 9 nitrogen and oxygen atoms in total. The smallest absolute Gasteiger partial charge is 0.356 e.